The summed E-state index contributed by atoms with van der Waals surface area (Å²) in [5, 5.41) is 2.35. The number of sulfonamides is 1. The molecule has 27 heavy (non-hydrogen) atoms. The Morgan fingerprint density at radius 2 is 1.96 bits per heavy atom. The summed E-state index contributed by atoms with van der Waals surface area (Å²) in [5.74, 6) is 1.98. The minimum absolute atomic E-state index is 0.0356. The lowest BCUT2D eigenvalue weighted by molar-refractivity contribution is -0.148. The van der Waals surface area contributed by atoms with Crippen molar-refractivity contribution in [1.29, 1.82) is 0 Å². The van der Waals surface area contributed by atoms with E-state index in [0.717, 1.165) is 0 Å². The van der Waals surface area contributed by atoms with Crippen LogP contribution < -0.4 is 19.5 Å². The Bertz CT molecular complexity index is 830. The molecule has 1 aromatic carbocycles. The molecule has 0 saturated carbocycles. The smallest absolute Gasteiger partial charge is 0.306 e. The molecule has 0 radical (unpaired) electrons. The molecule has 0 aliphatic carbocycles. The van der Waals surface area contributed by atoms with Gasteiger partial charge in [0.05, 0.1) is 11.4 Å². The van der Waals surface area contributed by atoms with E-state index in [1.54, 1.807) is 0 Å². The van der Waals surface area contributed by atoms with Crippen molar-refractivity contribution in [3.05, 3.63) is 18.2 Å². The first-order valence-electron chi connectivity index (χ1n) is 8.17. The number of carbonyl (C=O) groups is 2. The third kappa shape index (κ3) is 6.47. The zero-order valence-electron chi connectivity index (χ0n) is 14.5. The lowest BCUT2D eigenvalue weighted by Crippen LogP contribution is -2.29. The molecular weight excluding hydrogens is 376 g/mol. The van der Waals surface area contributed by atoms with Crippen molar-refractivity contribution in [2.45, 2.75) is 17.7 Å². The number of nitrogens with one attached hydrogen (secondary N) is 2. The second kappa shape index (κ2) is 9.80. The van der Waals surface area contributed by atoms with Crippen LogP contribution in [0.4, 0.5) is 0 Å². The third-order valence-electron chi connectivity index (χ3n) is 3.43. The van der Waals surface area contributed by atoms with Gasteiger partial charge in [-0.25, -0.2) is 13.1 Å². The van der Waals surface area contributed by atoms with E-state index in [9.17, 15) is 18.0 Å². The first kappa shape index (κ1) is 20.5. The molecule has 1 amide bonds. The van der Waals surface area contributed by atoms with Gasteiger partial charge in [-0.05, 0) is 18.6 Å². The molecule has 2 N–H and O–H groups in total. The first-order chi connectivity index (χ1) is 12.9. The molecule has 1 aliphatic rings. The SMILES string of the molecule is C#CCNC(=O)COC(=O)CCCNS(=O)(=O)c1ccc2c(c1)OCCO2. The van der Waals surface area contributed by atoms with E-state index in [4.69, 9.17) is 20.6 Å². The predicted octanol–water partition coefficient (Wildman–Crippen LogP) is -0.191. The molecule has 1 aromatic rings. The number of hydrogen-bond donors (Lipinski definition) is 2. The number of rotatable bonds is 9. The summed E-state index contributed by atoms with van der Waals surface area (Å²) >= 11 is 0. The van der Waals surface area contributed by atoms with Gasteiger partial charge in [-0.3, -0.25) is 9.59 Å². The summed E-state index contributed by atoms with van der Waals surface area (Å²) in [6.45, 7) is 0.433. The van der Waals surface area contributed by atoms with Gasteiger partial charge in [0.25, 0.3) is 5.91 Å². The van der Waals surface area contributed by atoms with E-state index in [1.165, 1.54) is 18.2 Å². The van der Waals surface area contributed by atoms with Gasteiger partial charge in [0.2, 0.25) is 10.0 Å². The molecule has 0 bridgehead atoms. The summed E-state index contributed by atoms with van der Waals surface area (Å²) in [5.41, 5.74) is 0. The van der Waals surface area contributed by atoms with Crippen LogP contribution in [-0.4, -0.2) is 53.2 Å². The van der Waals surface area contributed by atoms with E-state index in [0.29, 0.717) is 24.7 Å². The van der Waals surface area contributed by atoms with Gasteiger partial charge in [0, 0.05) is 19.0 Å². The van der Waals surface area contributed by atoms with Crippen molar-refractivity contribution in [2.75, 3.05) is 32.9 Å². The molecule has 0 saturated heterocycles. The summed E-state index contributed by atoms with van der Waals surface area (Å²) in [7, 11) is -3.75. The van der Waals surface area contributed by atoms with Crippen LogP contribution in [0.5, 0.6) is 11.5 Å². The number of ether oxygens (including phenoxy) is 3. The van der Waals surface area contributed by atoms with E-state index in [-0.39, 0.29) is 30.8 Å². The van der Waals surface area contributed by atoms with Crippen LogP contribution in [0, 0.1) is 12.3 Å². The lowest BCUT2D eigenvalue weighted by Gasteiger charge is -2.18. The van der Waals surface area contributed by atoms with Crippen LogP contribution in [0.2, 0.25) is 0 Å². The molecule has 0 atom stereocenters. The summed E-state index contributed by atoms with van der Waals surface area (Å²) < 4.78 is 42.4. The highest BCUT2D eigenvalue weighted by Gasteiger charge is 2.19. The van der Waals surface area contributed by atoms with E-state index >= 15 is 0 Å². The summed E-state index contributed by atoms with van der Waals surface area (Å²) in [4.78, 5) is 22.8. The molecule has 10 heteroatoms. The van der Waals surface area contributed by atoms with Gasteiger partial charge in [-0.15, -0.1) is 6.42 Å². The average Bonchev–Trinajstić information content (AvgIpc) is 2.67. The van der Waals surface area contributed by atoms with Crippen LogP contribution in [-0.2, 0) is 24.3 Å². The third-order valence-corrected chi connectivity index (χ3v) is 4.88. The summed E-state index contributed by atoms with van der Waals surface area (Å²) in [6, 6.07) is 4.34. The van der Waals surface area contributed by atoms with Crippen molar-refractivity contribution in [1.82, 2.24) is 10.0 Å². The Morgan fingerprint density at radius 3 is 2.70 bits per heavy atom. The molecule has 9 nitrogen and oxygen atoms in total. The maximum atomic E-state index is 12.3. The number of amides is 1. The standard InChI is InChI=1S/C17H20N2O7S/c1-2-7-18-16(20)12-26-17(21)4-3-8-19-27(22,23)13-5-6-14-15(11-13)25-10-9-24-14/h1,5-6,11,19H,3-4,7-10,12H2,(H,18,20). The topological polar surface area (TPSA) is 120 Å². The van der Waals surface area contributed by atoms with Gasteiger partial charge < -0.3 is 19.5 Å². The van der Waals surface area contributed by atoms with Gasteiger partial charge >= 0.3 is 5.97 Å². The lowest BCUT2D eigenvalue weighted by atomic mass is 10.3. The molecule has 0 fully saturated rings. The molecule has 0 spiro atoms. The highest BCUT2D eigenvalue weighted by molar-refractivity contribution is 7.89. The highest BCUT2D eigenvalue weighted by Crippen LogP contribution is 2.32. The van der Waals surface area contributed by atoms with Gasteiger partial charge in [0.15, 0.2) is 18.1 Å². The van der Waals surface area contributed by atoms with Crippen LogP contribution >= 0.6 is 0 Å². The molecule has 1 aliphatic heterocycles. The fraction of sp³-hybridized carbons (Fsp3) is 0.412. The largest absolute Gasteiger partial charge is 0.486 e. The number of benzene rings is 1. The zero-order chi connectivity index (χ0) is 19.7. The Hall–Kier alpha value is -2.77. The van der Waals surface area contributed by atoms with E-state index < -0.39 is 28.5 Å². The van der Waals surface area contributed by atoms with Crippen LogP contribution in [0.3, 0.4) is 0 Å². The maximum Gasteiger partial charge on any atom is 0.306 e. The Morgan fingerprint density at radius 1 is 1.22 bits per heavy atom. The fourth-order valence-corrected chi connectivity index (χ4v) is 3.22. The Labute approximate surface area is 157 Å². The van der Waals surface area contributed by atoms with Crippen molar-refractivity contribution < 1.29 is 32.2 Å². The number of esters is 1. The fourth-order valence-electron chi connectivity index (χ4n) is 2.13. The van der Waals surface area contributed by atoms with E-state index in [2.05, 4.69) is 16.0 Å². The van der Waals surface area contributed by atoms with Crippen molar-refractivity contribution in [3.63, 3.8) is 0 Å². The molecule has 2 rings (SSSR count). The van der Waals surface area contributed by atoms with Crippen molar-refractivity contribution in [3.8, 4) is 23.8 Å². The molecule has 0 aromatic heterocycles. The predicted molar refractivity (Wildman–Crippen MR) is 94.7 cm³/mol. The molecule has 1 heterocycles. The van der Waals surface area contributed by atoms with Crippen LogP contribution in [0.1, 0.15) is 12.8 Å². The van der Waals surface area contributed by atoms with Gasteiger partial charge in [-0.2, -0.15) is 0 Å². The number of carbonyl (C=O) groups excluding carboxylic acids is 2. The normalized spacial score (nSPS) is 12.7. The van der Waals surface area contributed by atoms with E-state index in [1.807, 2.05) is 0 Å². The molecular formula is C17H20N2O7S. The average molecular weight is 396 g/mol. The minimum atomic E-state index is -3.75. The highest BCUT2D eigenvalue weighted by atomic mass is 32.2. The monoisotopic (exact) mass is 396 g/mol. The Balaban J connectivity index is 1.73. The van der Waals surface area contributed by atoms with Gasteiger partial charge in [-0.1, -0.05) is 5.92 Å². The zero-order valence-corrected chi connectivity index (χ0v) is 15.3. The minimum Gasteiger partial charge on any atom is -0.486 e. The first-order valence-corrected chi connectivity index (χ1v) is 9.66. The van der Waals surface area contributed by atoms with Crippen LogP contribution in [0.15, 0.2) is 23.1 Å². The second-order valence-electron chi connectivity index (χ2n) is 5.45. The maximum absolute atomic E-state index is 12.3. The van der Waals surface area contributed by atoms with Crippen molar-refractivity contribution in [2.24, 2.45) is 0 Å². The second-order valence-corrected chi connectivity index (χ2v) is 7.22. The molecule has 146 valence electrons. The summed E-state index contributed by atoms with van der Waals surface area (Å²) in [6.07, 6.45) is 5.16. The number of hydrogen-bond acceptors (Lipinski definition) is 7. The van der Waals surface area contributed by atoms with Crippen molar-refractivity contribution >= 4 is 21.9 Å². The Kier molecular flexibility index (Phi) is 7.45. The van der Waals surface area contributed by atoms with Gasteiger partial charge in [0.1, 0.15) is 13.2 Å². The number of fused-ring (bicyclic) bond motifs is 1. The quantitative estimate of drug-likeness (QED) is 0.337. The number of terminal acetylenes is 1. The molecule has 0 unspecified atom stereocenters. The van der Waals surface area contributed by atoms with Crippen LogP contribution in [0.25, 0.3) is 0 Å².